The number of Topliss-reactive ketones (excluding diaryl/α,β-unsaturated/α-hetero) is 1. The van der Waals surface area contributed by atoms with Gasteiger partial charge in [0.25, 0.3) is 0 Å². The average molecular weight is 256 g/mol. The molecule has 1 aromatic heterocycles. The Hall–Kier alpha value is -2.18. The molecule has 0 atom stereocenters. The SMILES string of the molecule is CC(=O)c1ccc(-c2noc(C(F)(F)F)n2)cc1. The number of aromatic nitrogens is 2. The van der Waals surface area contributed by atoms with Crippen molar-refractivity contribution in [1.29, 1.82) is 0 Å². The summed E-state index contributed by atoms with van der Waals surface area (Å²) in [5, 5.41) is 3.24. The first-order chi connectivity index (χ1) is 8.38. The van der Waals surface area contributed by atoms with Crippen LogP contribution in [0.2, 0.25) is 0 Å². The quantitative estimate of drug-likeness (QED) is 0.775. The maximum atomic E-state index is 12.2. The van der Waals surface area contributed by atoms with Gasteiger partial charge in [-0.25, -0.2) is 0 Å². The molecule has 0 aliphatic carbocycles. The van der Waals surface area contributed by atoms with Crippen LogP contribution < -0.4 is 0 Å². The van der Waals surface area contributed by atoms with Crippen molar-refractivity contribution >= 4 is 5.78 Å². The van der Waals surface area contributed by atoms with Gasteiger partial charge in [-0.2, -0.15) is 18.2 Å². The van der Waals surface area contributed by atoms with Gasteiger partial charge in [0.2, 0.25) is 5.82 Å². The van der Waals surface area contributed by atoms with Crippen LogP contribution in [-0.4, -0.2) is 15.9 Å². The second-order valence-electron chi connectivity index (χ2n) is 3.55. The van der Waals surface area contributed by atoms with Crippen LogP contribution in [0.1, 0.15) is 23.2 Å². The molecule has 0 aliphatic rings. The Morgan fingerprint density at radius 2 is 1.83 bits per heavy atom. The minimum absolute atomic E-state index is 0.134. The van der Waals surface area contributed by atoms with Crippen LogP contribution in [0.4, 0.5) is 13.2 Å². The third-order valence-corrected chi connectivity index (χ3v) is 2.22. The van der Waals surface area contributed by atoms with Crippen molar-refractivity contribution in [1.82, 2.24) is 10.1 Å². The van der Waals surface area contributed by atoms with Gasteiger partial charge in [-0.05, 0) is 6.92 Å². The van der Waals surface area contributed by atoms with Crippen molar-refractivity contribution in [3.63, 3.8) is 0 Å². The second kappa shape index (κ2) is 4.25. The summed E-state index contributed by atoms with van der Waals surface area (Å²) in [6.07, 6.45) is -4.66. The molecule has 94 valence electrons. The Labute approximate surface area is 99.4 Å². The molecule has 0 bridgehead atoms. The van der Waals surface area contributed by atoms with Gasteiger partial charge in [0.1, 0.15) is 0 Å². The van der Waals surface area contributed by atoms with E-state index in [1.807, 2.05) is 0 Å². The first kappa shape index (κ1) is 12.3. The molecule has 2 aromatic rings. The summed E-state index contributed by atoms with van der Waals surface area (Å²) < 4.78 is 40.8. The molecular weight excluding hydrogens is 249 g/mol. The summed E-state index contributed by atoms with van der Waals surface area (Å²) >= 11 is 0. The van der Waals surface area contributed by atoms with Gasteiger partial charge in [0.15, 0.2) is 5.78 Å². The Morgan fingerprint density at radius 3 is 2.28 bits per heavy atom. The number of carbonyl (C=O) groups is 1. The lowest BCUT2D eigenvalue weighted by molar-refractivity contribution is -0.159. The van der Waals surface area contributed by atoms with Crippen molar-refractivity contribution < 1.29 is 22.5 Å². The summed E-state index contributed by atoms with van der Waals surface area (Å²) in [6.45, 7) is 1.39. The predicted octanol–water partition coefficient (Wildman–Crippen LogP) is 2.96. The van der Waals surface area contributed by atoms with Crippen LogP contribution in [-0.2, 0) is 6.18 Å². The fraction of sp³-hybridized carbons (Fsp3) is 0.182. The van der Waals surface area contributed by atoms with Gasteiger partial charge < -0.3 is 4.52 Å². The largest absolute Gasteiger partial charge is 0.471 e. The zero-order valence-corrected chi connectivity index (χ0v) is 9.15. The van der Waals surface area contributed by atoms with E-state index in [1.165, 1.54) is 31.2 Å². The molecule has 0 saturated carbocycles. The number of benzene rings is 1. The highest BCUT2D eigenvalue weighted by molar-refractivity contribution is 5.94. The van der Waals surface area contributed by atoms with E-state index in [1.54, 1.807) is 0 Å². The molecule has 0 unspecified atom stereocenters. The number of ketones is 1. The van der Waals surface area contributed by atoms with Gasteiger partial charge in [-0.1, -0.05) is 29.4 Å². The van der Waals surface area contributed by atoms with Crippen molar-refractivity contribution in [2.45, 2.75) is 13.1 Å². The zero-order chi connectivity index (χ0) is 13.3. The molecule has 0 N–H and O–H groups in total. The minimum atomic E-state index is -4.66. The monoisotopic (exact) mass is 256 g/mol. The molecule has 2 rings (SSSR count). The van der Waals surface area contributed by atoms with Crippen LogP contribution in [0.25, 0.3) is 11.4 Å². The van der Waals surface area contributed by atoms with E-state index in [0.29, 0.717) is 11.1 Å². The van der Waals surface area contributed by atoms with E-state index < -0.39 is 12.1 Å². The van der Waals surface area contributed by atoms with Gasteiger partial charge in [0.05, 0.1) is 0 Å². The van der Waals surface area contributed by atoms with E-state index >= 15 is 0 Å². The van der Waals surface area contributed by atoms with E-state index in [2.05, 4.69) is 14.7 Å². The number of halogens is 3. The van der Waals surface area contributed by atoms with E-state index in [0.717, 1.165) is 0 Å². The summed E-state index contributed by atoms with van der Waals surface area (Å²) in [6, 6.07) is 5.89. The molecule has 18 heavy (non-hydrogen) atoms. The first-order valence-corrected chi connectivity index (χ1v) is 4.90. The smallest absolute Gasteiger partial charge is 0.329 e. The van der Waals surface area contributed by atoms with Gasteiger partial charge in [-0.3, -0.25) is 4.79 Å². The summed E-state index contributed by atoms with van der Waals surface area (Å²) in [5.41, 5.74) is 0.803. The molecule has 0 radical (unpaired) electrons. The van der Waals surface area contributed by atoms with Gasteiger partial charge in [0, 0.05) is 11.1 Å². The maximum Gasteiger partial charge on any atom is 0.471 e. The number of alkyl halides is 3. The highest BCUT2D eigenvalue weighted by Gasteiger charge is 2.38. The second-order valence-corrected chi connectivity index (χ2v) is 3.55. The number of nitrogens with zero attached hydrogens (tertiary/aromatic N) is 2. The third kappa shape index (κ3) is 2.39. The molecule has 0 spiro atoms. The third-order valence-electron chi connectivity index (χ3n) is 2.22. The lowest BCUT2D eigenvalue weighted by atomic mass is 10.1. The van der Waals surface area contributed by atoms with Crippen molar-refractivity contribution in [3.8, 4) is 11.4 Å². The van der Waals surface area contributed by atoms with E-state index in [-0.39, 0.29) is 11.6 Å². The zero-order valence-electron chi connectivity index (χ0n) is 9.15. The summed E-state index contributed by atoms with van der Waals surface area (Å²) in [5.74, 6) is -1.70. The molecule has 7 heteroatoms. The highest BCUT2D eigenvalue weighted by Crippen LogP contribution is 2.29. The molecule has 1 aromatic carbocycles. The van der Waals surface area contributed by atoms with Crippen molar-refractivity contribution in [2.24, 2.45) is 0 Å². The summed E-state index contributed by atoms with van der Waals surface area (Å²) in [4.78, 5) is 14.3. The minimum Gasteiger partial charge on any atom is -0.329 e. The van der Waals surface area contributed by atoms with Crippen LogP contribution in [0.15, 0.2) is 28.8 Å². The maximum absolute atomic E-state index is 12.2. The van der Waals surface area contributed by atoms with E-state index in [9.17, 15) is 18.0 Å². The lowest BCUT2D eigenvalue weighted by Gasteiger charge is -1.97. The topological polar surface area (TPSA) is 56.0 Å². The number of carbonyl (C=O) groups excluding carboxylic acids is 1. The average Bonchev–Trinajstić information content (AvgIpc) is 2.78. The molecule has 4 nitrogen and oxygen atoms in total. The Kier molecular flexibility index (Phi) is 2.90. The van der Waals surface area contributed by atoms with Gasteiger partial charge >= 0.3 is 12.1 Å². The van der Waals surface area contributed by atoms with E-state index in [4.69, 9.17) is 0 Å². The van der Waals surface area contributed by atoms with Crippen LogP contribution in [0.3, 0.4) is 0 Å². The van der Waals surface area contributed by atoms with Gasteiger partial charge in [-0.15, -0.1) is 0 Å². The predicted molar refractivity (Wildman–Crippen MR) is 54.7 cm³/mol. The Morgan fingerprint density at radius 1 is 1.22 bits per heavy atom. The standard InChI is InChI=1S/C11H7F3N2O2/c1-6(17)7-2-4-8(5-3-7)9-15-10(18-16-9)11(12,13)14/h2-5H,1H3. The lowest BCUT2D eigenvalue weighted by Crippen LogP contribution is -2.04. The highest BCUT2D eigenvalue weighted by atomic mass is 19.4. The molecular formula is C11H7F3N2O2. The first-order valence-electron chi connectivity index (χ1n) is 4.90. The van der Waals surface area contributed by atoms with Crippen molar-refractivity contribution in [3.05, 3.63) is 35.7 Å². The number of hydrogen-bond donors (Lipinski definition) is 0. The Balaban J connectivity index is 2.32. The molecule has 0 saturated heterocycles. The fourth-order valence-corrected chi connectivity index (χ4v) is 1.31. The molecule has 0 fully saturated rings. The normalized spacial score (nSPS) is 11.6. The fourth-order valence-electron chi connectivity index (χ4n) is 1.31. The van der Waals surface area contributed by atoms with Crippen LogP contribution >= 0.6 is 0 Å². The van der Waals surface area contributed by atoms with Crippen LogP contribution in [0.5, 0.6) is 0 Å². The van der Waals surface area contributed by atoms with Crippen molar-refractivity contribution in [2.75, 3.05) is 0 Å². The summed E-state index contributed by atoms with van der Waals surface area (Å²) in [7, 11) is 0. The number of rotatable bonds is 2. The molecule has 1 heterocycles. The van der Waals surface area contributed by atoms with Crippen LogP contribution in [0, 0.1) is 0 Å². The Bertz CT molecular complexity index is 573. The molecule has 0 amide bonds. The number of hydrogen-bond acceptors (Lipinski definition) is 4. The molecule has 0 aliphatic heterocycles.